The van der Waals surface area contributed by atoms with Crippen molar-refractivity contribution >= 4 is 17.0 Å². The molecule has 1 amide bonds. The number of pyridine rings is 1. The molecule has 28 heavy (non-hydrogen) atoms. The Kier molecular flexibility index (Phi) is 6.15. The van der Waals surface area contributed by atoms with Crippen LogP contribution in [0, 0.1) is 5.82 Å². The highest BCUT2D eigenvalue weighted by atomic mass is 19.1. The van der Waals surface area contributed by atoms with Gasteiger partial charge in [0.25, 0.3) is 0 Å². The molecule has 0 radical (unpaired) electrons. The van der Waals surface area contributed by atoms with Gasteiger partial charge in [-0.15, -0.1) is 0 Å². The molecule has 0 unspecified atom stereocenters. The fourth-order valence-electron chi connectivity index (χ4n) is 3.37. The van der Waals surface area contributed by atoms with Gasteiger partial charge >= 0.3 is 6.09 Å². The molecular weight excluding hydrogens is 363 g/mol. The van der Waals surface area contributed by atoms with E-state index in [4.69, 9.17) is 9.47 Å². The van der Waals surface area contributed by atoms with E-state index in [0.29, 0.717) is 36.8 Å². The van der Waals surface area contributed by atoms with Gasteiger partial charge in [-0.25, -0.2) is 9.18 Å². The lowest BCUT2D eigenvalue weighted by Gasteiger charge is -2.32. The first-order chi connectivity index (χ1) is 13.2. The molecule has 1 fully saturated rings. The van der Waals surface area contributed by atoms with E-state index in [1.165, 1.54) is 12.1 Å². The first-order valence-electron chi connectivity index (χ1n) is 9.53. The lowest BCUT2D eigenvalue weighted by atomic mass is 9.95. The number of hydrogen-bond donors (Lipinski definition) is 2. The van der Waals surface area contributed by atoms with Crippen LogP contribution >= 0.6 is 0 Å². The van der Waals surface area contributed by atoms with Crippen molar-refractivity contribution in [3.8, 4) is 0 Å². The maximum Gasteiger partial charge on any atom is 0.407 e. The summed E-state index contributed by atoms with van der Waals surface area (Å²) in [6.45, 7) is 5.74. The number of halogens is 1. The molecule has 1 aromatic carbocycles. The molecule has 1 aliphatic rings. The summed E-state index contributed by atoms with van der Waals surface area (Å²) in [6.07, 6.45) is 1.77. The van der Waals surface area contributed by atoms with Crippen molar-refractivity contribution < 1.29 is 23.8 Å². The van der Waals surface area contributed by atoms with Crippen molar-refractivity contribution in [3.05, 3.63) is 41.8 Å². The Hall–Kier alpha value is -2.25. The number of carbonyl (C=O) groups is 1. The zero-order valence-electron chi connectivity index (χ0n) is 16.4. The van der Waals surface area contributed by atoms with Gasteiger partial charge in [0.05, 0.1) is 30.4 Å². The van der Waals surface area contributed by atoms with E-state index >= 15 is 0 Å². The van der Waals surface area contributed by atoms with Crippen molar-refractivity contribution in [2.75, 3.05) is 6.61 Å². The van der Waals surface area contributed by atoms with Gasteiger partial charge in [-0.2, -0.15) is 0 Å². The van der Waals surface area contributed by atoms with Gasteiger partial charge in [-0.05, 0) is 63.4 Å². The summed E-state index contributed by atoms with van der Waals surface area (Å²) in [5.74, 6) is -0.332. The van der Waals surface area contributed by atoms with Gasteiger partial charge in [-0.3, -0.25) is 4.98 Å². The van der Waals surface area contributed by atoms with Crippen LogP contribution in [-0.2, 0) is 15.9 Å². The Balaban J connectivity index is 1.55. The lowest BCUT2D eigenvalue weighted by molar-refractivity contribution is -0.0718. The summed E-state index contributed by atoms with van der Waals surface area (Å²) >= 11 is 0. The number of nitrogens with one attached hydrogen (secondary N) is 1. The van der Waals surface area contributed by atoms with E-state index in [1.807, 2.05) is 20.8 Å². The molecule has 0 bridgehead atoms. The molecule has 7 heteroatoms. The van der Waals surface area contributed by atoms with Gasteiger partial charge in [0, 0.05) is 18.0 Å². The second-order valence-corrected chi connectivity index (χ2v) is 8.20. The minimum absolute atomic E-state index is 0.144. The number of aliphatic hydroxyl groups is 1. The predicted octanol–water partition coefficient (Wildman–Crippen LogP) is 3.35. The van der Waals surface area contributed by atoms with E-state index < -0.39 is 17.8 Å². The molecule has 3 atom stereocenters. The summed E-state index contributed by atoms with van der Waals surface area (Å²) in [5.41, 5.74) is 0.970. The smallest absolute Gasteiger partial charge is 0.407 e. The summed E-state index contributed by atoms with van der Waals surface area (Å²) in [7, 11) is 0. The Morgan fingerprint density at radius 3 is 2.86 bits per heavy atom. The van der Waals surface area contributed by atoms with Crippen molar-refractivity contribution in [2.24, 2.45) is 0 Å². The number of alkyl carbamates (subject to hydrolysis) is 1. The second kappa shape index (κ2) is 8.41. The summed E-state index contributed by atoms with van der Waals surface area (Å²) in [4.78, 5) is 16.1. The van der Waals surface area contributed by atoms with Gasteiger partial charge in [0.15, 0.2) is 0 Å². The molecule has 2 aromatic rings. The van der Waals surface area contributed by atoms with Crippen LogP contribution in [0.2, 0.25) is 0 Å². The zero-order chi connectivity index (χ0) is 20.3. The van der Waals surface area contributed by atoms with Gasteiger partial charge in [0.1, 0.15) is 11.4 Å². The Morgan fingerprint density at radius 2 is 2.18 bits per heavy atom. The van der Waals surface area contributed by atoms with Crippen LogP contribution in [0.4, 0.5) is 9.18 Å². The maximum absolute atomic E-state index is 13.6. The number of amides is 1. The number of benzene rings is 1. The quantitative estimate of drug-likeness (QED) is 0.837. The number of aromatic nitrogens is 1. The molecule has 152 valence electrons. The molecule has 6 nitrogen and oxygen atoms in total. The number of ether oxygens (including phenoxy) is 2. The molecule has 1 aliphatic heterocycles. The third kappa shape index (κ3) is 5.39. The summed E-state index contributed by atoms with van der Waals surface area (Å²) in [5, 5.41) is 14.1. The van der Waals surface area contributed by atoms with Crippen LogP contribution < -0.4 is 5.32 Å². The molecule has 3 rings (SSSR count). The van der Waals surface area contributed by atoms with Gasteiger partial charge in [0.2, 0.25) is 0 Å². The van der Waals surface area contributed by atoms with Gasteiger partial charge < -0.3 is 19.9 Å². The monoisotopic (exact) mass is 390 g/mol. The number of hydrogen-bond acceptors (Lipinski definition) is 5. The van der Waals surface area contributed by atoms with Crippen LogP contribution in [0.25, 0.3) is 10.9 Å². The number of rotatable bonds is 4. The number of carbonyl (C=O) groups excluding carboxylic acids is 1. The highest BCUT2D eigenvalue weighted by molar-refractivity contribution is 5.82. The number of aliphatic hydroxyl groups excluding tert-OH is 1. The van der Waals surface area contributed by atoms with E-state index in [1.54, 1.807) is 18.3 Å². The molecule has 0 aliphatic carbocycles. The molecule has 2 N–H and O–H groups in total. The number of nitrogens with zero attached hydrogens (tertiary/aromatic N) is 1. The van der Waals surface area contributed by atoms with Gasteiger partial charge in [-0.1, -0.05) is 0 Å². The third-order valence-electron chi connectivity index (χ3n) is 4.68. The van der Waals surface area contributed by atoms with Crippen LogP contribution in [0.3, 0.4) is 0 Å². The van der Waals surface area contributed by atoms with Crippen LogP contribution in [0.1, 0.15) is 39.2 Å². The molecule has 1 saturated heterocycles. The van der Waals surface area contributed by atoms with E-state index in [9.17, 15) is 14.3 Å². The van der Waals surface area contributed by atoms with Crippen molar-refractivity contribution in [1.82, 2.24) is 10.3 Å². The Morgan fingerprint density at radius 1 is 1.39 bits per heavy atom. The molecule has 0 saturated carbocycles. The fraction of sp³-hybridized carbons (Fsp3) is 0.524. The van der Waals surface area contributed by atoms with E-state index in [2.05, 4.69) is 10.3 Å². The topological polar surface area (TPSA) is 80.7 Å². The molecule has 0 spiro atoms. The predicted molar refractivity (Wildman–Crippen MR) is 104 cm³/mol. The minimum atomic E-state index is -0.726. The standard InChI is InChI=1S/C21H27FN2O4/c1-21(2,3)28-20(26)24-15-5-7-19(27-12-15)18(25)10-13-8-9-23-17-6-4-14(22)11-16(13)17/h4,6,8-9,11,15,18-19,25H,5,7,10,12H2,1-3H3,(H,24,26)/t15-,18+,19+/m1/s1. The highest BCUT2D eigenvalue weighted by Gasteiger charge is 2.29. The Bertz CT molecular complexity index is 829. The van der Waals surface area contributed by atoms with Crippen molar-refractivity contribution in [2.45, 2.75) is 63.9 Å². The lowest BCUT2D eigenvalue weighted by Crippen LogP contribution is -2.47. The third-order valence-corrected chi connectivity index (χ3v) is 4.68. The minimum Gasteiger partial charge on any atom is -0.444 e. The number of fused-ring (bicyclic) bond motifs is 1. The van der Waals surface area contributed by atoms with Crippen molar-refractivity contribution in [3.63, 3.8) is 0 Å². The molecular formula is C21H27FN2O4. The average molecular weight is 390 g/mol. The summed E-state index contributed by atoms with van der Waals surface area (Å²) in [6, 6.07) is 6.09. The molecule has 2 heterocycles. The highest BCUT2D eigenvalue weighted by Crippen LogP contribution is 2.23. The Labute approximate surface area is 164 Å². The average Bonchev–Trinajstić information content (AvgIpc) is 2.61. The largest absolute Gasteiger partial charge is 0.444 e. The maximum atomic E-state index is 13.6. The molecule has 1 aromatic heterocycles. The van der Waals surface area contributed by atoms with Crippen LogP contribution in [0.15, 0.2) is 30.5 Å². The SMILES string of the molecule is CC(C)(C)OC(=O)N[C@@H]1CC[C@@H]([C@@H](O)Cc2ccnc3ccc(F)cc23)OC1. The van der Waals surface area contributed by atoms with E-state index in [-0.39, 0.29) is 18.0 Å². The first kappa shape index (κ1) is 20.5. The van der Waals surface area contributed by atoms with Crippen LogP contribution in [0.5, 0.6) is 0 Å². The second-order valence-electron chi connectivity index (χ2n) is 8.20. The zero-order valence-corrected chi connectivity index (χ0v) is 16.4. The summed E-state index contributed by atoms with van der Waals surface area (Å²) < 4.78 is 24.6. The van der Waals surface area contributed by atoms with Crippen molar-refractivity contribution in [1.29, 1.82) is 0 Å². The van der Waals surface area contributed by atoms with E-state index in [0.717, 1.165) is 5.56 Å². The van der Waals surface area contributed by atoms with Crippen LogP contribution in [-0.4, -0.2) is 46.6 Å². The first-order valence-corrected chi connectivity index (χ1v) is 9.53. The fourth-order valence-corrected chi connectivity index (χ4v) is 3.37. The normalized spacial score (nSPS) is 21.3.